The Kier molecular flexibility index (Phi) is 6.60. The number of aromatic nitrogens is 1. The minimum atomic E-state index is -4.10. The Labute approximate surface area is 185 Å². The van der Waals surface area contributed by atoms with E-state index in [4.69, 9.17) is 13.9 Å². The molecular weight excluding hydrogens is 438 g/mol. The molecule has 0 aliphatic carbocycles. The maximum atomic E-state index is 13.0. The molecule has 1 heterocycles. The topological polar surface area (TPSA) is 129 Å². The Hall–Kier alpha value is -3.31. The van der Waals surface area contributed by atoms with Crippen molar-refractivity contribution >= 4 is 32.7 Å². The first-order valence-electron chi connectivity index (χ1n) is 9.72. The molecule has 0 aliphatic rings. The number of amides is 1. The van der Waals surface area contributed by atoms with Crippen molar-refractivity contribution in [1.29, 1.82) is 0 Å². The Balaban J connectivity index is 1.89. The summed E-state index contributed by atoms with van der Waals surface area (Å²) in [5.74, 6) is -0.647. The summed E-state index contributed by atoms with van der Waals surface area (Å²) in [4.78, 5) is 24.6. The molecule has 32 heavy (non-hydrogen) atoms. The van der Waals surface area contributed by atoms with E-state index in [0.717, 1.165) is 0 Å². The molecule has 3 rings (SSSR count). The second-order valence-corrected chi connectivity index (χ2v) is 9.17. The molecule has 0 saturated carbocycles. The van der Waals surface area contributed by atoms with Gasteiger partial charge in [0.2, 0.25) is 15.9 Å². The zero-order valence-corrected chi connectivity index (χ0v) is 19.1. The van der Waals surface area contributed by atoms with E-state index in [9.17, 15) is 18.0 Å². The molecule has 11 heteroatoms. The van der Waals surface area contributed by atoms with Crippen molar-refractivity contribution < 1.29 is 27.1 Å². The number of carbonyl (C=O) groups is 1. The van der Waals surface area contributed by atoms with Crippen LogP contribution in [-0.4, -0.2) is 39.2 Å². The SMILES string of the molecule is COc1ccc(OC)c(NC(=O)[C@@H](NS(=O)(=O)c2ccc3c(c2)oc(=O)n3C)C(C)C)c1. The molecule has 0 saturated heterocycles. The Morgan fingerprint density at radius 1 is 1.09 bits per heavy atom. The minimum absolute atomic E-state index is 0.128. The third-order valence-corrected chi connectivity index (χ3v) is 6.41. The molecule has 10 nitrogen and oxygen atoms in total. The van der Waals surface area contributed by atoms with Gasteiger partial charge in [0.15, 0.2) is 5.58 Å². The molecule has 2 aromatic carbocycles. The summed E-state index contributed by atoms with van der Waals surface area (Å²) in [7, 11) is 0.364. The molecule has 0 bridgehead atoms. The molecule has 0 radical (unpaired) electrons. The number of nitrogens with zero attached hydrogens (tertiary/aromatic N) is 1. The van der Waals surface area contributed by atoms with E-state index in [-0.39, 0.29) is 16.4 Å². The highest BCUT2D eigenvalue weighted by Gasteiger charge is 2.29. The van der Waals surface area contributed by atoms with Crippen LogP contribution in [0.5, 0.6) is 11.5 Å². The van der Waals surface area contributed by atoms with Gasteiger partial charge in [-0.05, 0) is 30.2 Å². The monoisotopic (exact) mass is 463 g/mol. The van der Waals surface area contributed by atoms with Crippen LogP contribution in [-0.2, 0) is 21.9 Å². The first-order valence-corrected chi connectivity index (χ1v) is 11.2. The summed E-state index contributed by atoms with van der Waals surface area (Å²) in [6.07, 6.45) is 0. The number of methoxy groups -OCH3 is 2. The second kappa shape index (κ2) is 9.05. The van der Waals surface area contributed by atoms with Crippen molar-refractivity contribution in [2.45, 2.75) is 24.8 Å². The maximum absolute atomic E-state index is 13.0. The van der Waals surface area contributed by atoms with Crippen molar-refractivity contribution in [2.24, 2.45) is 13.0 Å². The normalized spacial score (nSPS) is 12.7. The van der Waals surface area contributed by atoms with Crippen molar-refractivity contribution in [3.63, 3.8) is 0 Å². The van der Waals surface area contributed by atoms with Crippen molar-refractivity contribution in [2.75, 3.05) is 19.5 Å². The number of carbonyl (C=O) groups excluding carboxylic acids is 1. The Morgan fingerprint density at radius 2 is 1.81 bits per heavy atom. The minimum Gasteiger partial charge on any atom is -0.497 e. The Morgan fingerprint density at radius 3 is 2.44 bits per heavy atom. The fourth-order valence-corrected chi connectivity index (χ4v) is 4.49. The number of hydrogen-bond donors (Lipinski definition) is 2. The van der Waals surface area contributed by atoms with Crippen LogP contribution in [0.2, 0.25) is 0 Å². The number of hydrogen-bond acceptors (Lipinski definition) is 7. The maximum Gasteiger partial charge on any atom is 0.419 e. The van der Waals surface area contributed by atoms with Gasteiger partial charge in [-0.2, -0.15) is 4.72 Å². The predicted molar refractivity (Wildman–Crippen MR) is 119 cm³/mol. The van der Waals surface area contributed by atoms with Crippen LogP contribution in [0.1, 0.15) is 13.8 Å². The molecule has 1 atom stereocenters. The highest BCUT2D eigenvalue weighted by atomic mass is 32.2. The molecule has 1 aromatic heterocycles. The van der Waals surface area contributed by atoms with Gasteiger partial charge in [-0.15, -0.1) is 0 Å². The average molecular weight is 464 g/mol. The van der Waals surface area contributed by atoms with Crippen LogP contribution in [0.3, 0.4) is 0 Å². The number of nitrogens with one attached hydrogen (secondary N) is 2. The summed E-state index contributed by atoms with van der Waals surface area (Å²) in [5.41, 5.74) is 0.929. The number of benzene rings is 2. The number of rotatable bonds is 8. The molecule has 172 valence electrons. The molecule has 0 unspecified atom stereocenters. The number of anilines is 1. The lowest BCUT2D eigenvalue weighted by molar-refractivity contribution is -0.118. The zero-order chi connectivity index (χ0) is 23.6. The summed E-state index contributed by atoms with van der Waals surface area (Å²) in [6, 6.07) is 7.86. The standard InChI is InChI=1S/C21H25N3O7S/c1-12(2)19(20(25)22-15-10-13(29-4)6-9-17(15)30-5)23-32(27,28)14-7-8-16-18(11-14)31-21(26)24(16)3/h6-12,19,23H,1-5H3,(H,22,25)/t19-/m0/s1. The summed E-state index contributed by atoms with van der Waals surface area (Å²) < 4.78 is 45.2. The van der Waals surface area contributed by atoms with Gasteiger partial charge in [-0.1, -0.05) is 13.8 Å². The highest BCUT2D eigenvalue weighted by molar-refractivity contribution is 7.89. The van der Waals surface area contributed by atoms with Crippen LogP contribution >= 0.6 is 0 Å². The van der Waals surface area contributed by atoms with Gasteiger partial charge in [0.25, 0.3) is 0 Å². The summed E-state index contributed by atoms with van der Waals surface area (Å²) in [6.45, 7) is 3.43. The fourth-order valence-electron chi connectivity index (χ4n) is 3.13. The smallest absolute Gasteiger partial charge is 0.419 e. The van der Waals surface area contributed by atoms with E-state index in [1.807, 2.05) is 0 Å². The summed E-state index contributed by atoms with van der Waals surface area (Å²) >= 11 is 0. The van der Waals surface area contributed by atoms with Crippen molar-refractivity contribution in [1.82, 2.24) is 9.29 Å². The third-order valence-electron chi connectivity index (χ3n) is 4.97. The van der Waals surface area contributed by atoms with Crippen LogP contribution in [0.15, 0.2) is 50.5 Å². The fraction of sp³-hybridized carbons (Fsp3) is 0.333. The van der Waals surface area contributed by atoms with Crippen LogP contribution < -0.4 is 25.3 Å². The van der Waals surface area contributed by atoms with Gasteiger partial charge in [0, 0.05) is 19.2 Å². The Bertz CT molecular complexity index is 1310. The van der Waals surface area contributed by atoms with Gasteiger partial charge in [-0.3, -0.25) is 9.36 Å². The van der Waals surface area contributed by atoms with E-state index in [0.29, 0.717) is 22.7 Å². The first kappa shape index (κ1) is 23.4. The van der Waals surface area contributed by atoms with Crippen LogP contribution in [0.4, 0.5) is 5.69 Å². The number of sulfonamides is 1. The summed E-state index contributed by atoms with van der Waals surface area (Å²) in [5, 5.41) is 2.70. The molecule has 0 fully saturated rings. The van der Waals surface area contributed by atoms with Crippen molar-refractivity contribution in [3.8, 4) is 11.5 Å². The van der Waals surface area contributed by atoms with E-state index >= 15 is 0 Å². The van der Waals surface area contributed by atoms with Gasteiger partial charge in [0.05, 0.1) is 30.3 Å². The van der Waals surface area contributed by atoms with Crippen molar-refractivity contribution in [3.05, 3.63) is 46.9 Å². The molecule has 2 N–H and O–H groups in total. The molecule has 0 aliphatic heterocycles. The quantitative estimate of drug-likeness (QED) is 0.523. The molecule has 0 spiro atoms. The predicted octanol–water partition coefficient (Wildman–Crippen LogP) is 2.09. The van der Waals surface area contributed by atoms with Crippen LogP contribution in [0.25, 0.3) is 11.1 Å². The molecule has 3 aromatic rings. The lowest BCUT2D eigenvalue weighted by atomic mass is 10.0. The van der Waals surface area contributed by atoms with Crippen LogP contribution in [0, 0.1) is 5.92 Å². The van der Waals surface area contributed by atoms with Gasteiger partial charge >= 0.3 is 5.76 Å². The average Bonchev–Trinajstić information content (AvgIpc) is 3.04. The number of oxazole rings is 1. The van der Waals surface area contributed by atoms with E-state index in [2.05, 4.69) is 10.0 Å². The van der Waals surface area contributed by atoms with Gasteiger partial charge in [-0.25, -0.2) is 13.2 Å². The van der Waals surface area contributed by atoms with Gasteiger partial charge in [0.1, 0.15) is 17.5 Å². The zero-order valence-electron chi connectivity index (χ0n) is 18.3. The lowest BCUT2D eigenvalue weighted by Gasteiger charge is -2.22. The number of ether oxygens (including phenoxy) is 2. The third kappa shape index (κ3) is 4.63. The second-order valence-electron chi connectivity index (χ2n) is 7.45. The van der Waals surface area contributed by atoms with Gasteiger partial charge < -0.3 is 19.2 Å². The van der Waals surface area contributed by atoms with E-state index < -0.39 is 27.7 Å². The largest absolute Gasteiger partial charge is 0.497 e. The number of aryl methyl sites for hydroxylation is 1. The number of fused-ring (bicyclic) bond motifs is 1. The van der Waals surface area contributed by atoms with E-state index in [1.54, 1.807) is 32.0 Å². The molecule has 1 amide bonds. The highest BCUT2D eigenvalue weighted by Crippen LogP contribution is 2.29. The lowest BCUT2D eigenvalue weighted by Crippen LogP contribution is -2.47. The molecular formula is C21H25N3O7S. The first-order chi connectivity index (χ1) is 15.1. The van der Waals surface area contributed by atoms with E-state index in [1.165, 1.54) is 44.0 Å².